The summed E-state index contributed by atoms with van der Waals surface area (Å²) in [6.45, 7) is 7.92. The van der Waals surface area contributed by atoms with Gasteiger partial charge in [0.15, 0.2) is 0 Å². The van der Waals surface area contributed by atoms with Gasteiger partial charge in [-0.3, -0.25) is 0 Å². The van der Waals surface area contributed by atoms with Gasteiger partial charge in [-0.25, -0.2) is 9.97 Å². The molecule has 0 fully saturated rings. The smallest absolute Gasteiger partial charge is 0.124 e. The summed E-state index contributed by atoms with van der Waals surface area (Å²) in [4.78, 5) is 17.0. The molecule has 4 aromatic heterocycles. The molecule has 0 bridgehead atoms. The van der Waals surface area contributed by atoms with E-state index in [1.165, 1.54) is 0 Å². The van der Waals surface area contributed by atoms with E-state index >= 15 is 0 Å². The molecule has 0 unspecified atom stereocenters. The number of nitrogens with zero attached hydrogens (tertiary/aromatic N) is 10. The number of benzene rings is 4. The summed E-state index contributed by atoms with van der Waals surface area (Å²) in [5.41, 5.74) is 10.3. The number of hydrogen-bond donors (Lipinski definition) is 0. The number of rotatable bonds is 4. The molecule has 0 atom stereocenters. The van der Waals surface area contributed by atoms with Crippen LogP contribution in [0.4, 0.5) is 34.4 Å². The average Bonchev–Trinajstić information content (AvgIpc) is 4.06. The van der Waals surface area contributed by atoms with Gasteiger partial charge in [0.25, 0.3) is 0 Å². The zero-order valence-corrected chi connectivity index (χ0v) is 36.8. The van der Waals surface area contributed by atoms with Crippen LogP contribution in [0.15, 0.2) is 158 Å². The summed E-state index contributed by atoms with van der Waals surface area (Å²) in [5, 5.41) is 16.0. The van der Waals surface area contributed by atoms with Gasteiger partial charge in [-0.05, 0) is 63.3 Å². The largest absolute Gasteiger partial charge is 0.575 e. The molecule has 10 nitrogen and oxygen atoms in total. The maximum absolute atomic E-state index is 4.40. The molecule has 58 heavy (non-hydrogen) atoms. The van der Waals surface area contributed by atoms with E-state index in [9.17, 15) is 0 Å². The van der Waals surface area contributed by atoms with Gasteiger partial charge >= 0.3 is 0 Å². The van der Waals surface area contributed by atoms with Crippen molar-refractivity contribution in [2.24, 2.45) is 0 Å². The second-order valence-corrected chi connectivity index (χ2v) is 12.9. The van der Waals surface area contributed by atoms with E-state index in [0.717, 1.165) is 68.3 Å². The minimum Gasteiger partial charge on any atom is -0.575 e. The summed E-state index contributed by atoms with van der Waals surface area (Å²) in [7, 11) is 4.03. The van der Waals surface area contributed by atoms with Crippen LogP contribution in [-0.2, 0) is 42.1 Å². The van der Waals surface area contributed by atoms with E-state index in [4.69, 9.17) is 0 Å². The molecule has 0 amide bonds. The van der Waals surface area contributed by atoms with E-state index in [0.29, 0.717) is 0 Å². The van der Waals surface area contributed by atoms with E-state index in [1.807, 2.05) is 197 Å². The Hall–Kier alpha value is -5.82. The van der Waals surface area contributed by atoms with E-state index < -0.39 is 0 Å². The van der Waals surface area contributed by atoms with Crippen LogP contribution >= 0.6 is 0 Å². The number of aryl methyl sites for hydroxylation is 2. The third-order valence-electron chi connectivity index (χ3n) is 8.69. The van der Waals surface area contributed by atoms with Crippen molar-refractivity contribution in [1.82, 2.24) is 30.4 Å². The molecule has 10 rings (SSSR count). The maximum Gasteiger partial charge on any atom is 0.124 e. The van der Waals surface area contributed by atoms with E-state index in [2.05, 4.69) is 64.4 Å². The first kappa shape index (κ1) is 43.3. The van der Waals surface area contributed by atoms with Gasteiger partial charge in [-0.2, -0.15) is 74.0 Å². The van der Waals surface area contributed by atoms with Crippen molar-refractivity contribution in [2.45, 2.75) is 13.8 Å². The fourth-order valence-electron chi connectivity index (χ4n) is 5.98. The zero-order chi connectivity index (χ0) is 38.7. The van der Waals surface area contributed by atoms with Gasteiger partial charge in [-0.1, -0.05) is 72.8 Å². The number of para-hydroxylation sites is 2. The first-order chi connectivity index (χ1) is 27.4. The van der Waals surface area contributed by atoms with E-state index in [-0.39, 0.29) is 42.1 Å². The molecule has 6 heterocycles. The van der Waals surface area contributed by atoms with Gasteiger partial charge in [0, 0.05) is 77.3 Å². The summed E-state index contributed by atoms with van der Waals surface area (Å²) < 4.78 is 0. The Balaban J connectivity index is 0.000000147. The SMILES string of the molecule is CN1[CH-]N(c2[c-]cccc2)c2ncccc21.CN1[CH-]N(c2[c-]cccc2)c2ncccc21.Cc1cc(-c2ccccc2)[n-]n1.Cc1cc(-c2ccccc2)[n-]n1.[Pt].[Pt]. The van der Waals surface area contributed by atoms with Crippen molar-refractivity contribution in [1.29, 1.82) is 0 Å². The van der Waals surface area contributed by atoms with Gasteiger partial charge in [-0.15, -0.1) is 22.8 Å². The Morgan fingerprint density at radius 3 is 1.24 bits per heavy atom. The van der Waals surface area contributed by atoms with E-state index in [1.54, 1.807) is 0 Å². The Kier molecular flexibility index (Phi) is 15.7. The molecule has 0 saturated heterocycles. The Morgan fingerprint density at radius 2 is 0.897 bits per heavy atom. The van der Waals surface area contributed by atoms with Crippen molar-refractivity contribution in [3.8, 4) is 22.5 Å². The molecule has 0 radical (unpaired) electrons. The van der Waals surface area contributed by atoms with Crippen molar-refractivity contribution >= 4 is 34.4 Å². The van der Waals surface area contributed by atoms with Gasteiger partial charge in [0.05, 0.1) is 0 Å². The fraction of sp³-hybridized carbons (Fsp3) is 0.0870. The Morgan fingerprint density at radius 1 is 0.500 bits per heavy atom. The number of pyridine rings is 2. The van der Waals surface area contributed by atoms with Crippen LogP contribution in [0, 0.1) is 39.3 Å². The second kappa shape index (κ2) is 21.1. The topological polar surface area (TPSA) is 92.7 Å². The van der Waals surface area contributed by atoms with Gasteiger partial charge in [0.1, 0.15) is 11.6 Å². The molecule has 0 spiro atoms. The molecule has 12 heteroatoms. The number of hydrogen-bond acceptors (Lipinski definition) is 8. The number of aromatic nitrogens is 6. The molecule has 0 N–H and O–H groups in total. The van der Waals surface area contributed by atoms with Crippen LogP contribution in [0.3, 0.4) is 0 Å². The molecule has 8 aromatic rings. The van der Waals surface area contributed by atoms with Gasteiger partial charge in [0.2, 0.25) is 0 Å². The fourth-order valence-corrected chi connectivity index (χ4v) is 5.98. The summed E-state index contributed by atoms with van der Waals surface area (Å²) in [5.74, 6) is 1.90. The van der Waals surface area contributed by atoms with Crippen LogP contribution in [0.1, 0.15) is 11.4 Å². The van der Waals surface area contributed by atoms with Crippen LogP contribution in [-0.4, -0.2) is 34.3 Å². The minimum absolute atomic E-state index is 0. The number of anilines is 6. The first-order valence-electron chi connectivity index (χ1n) is 18.1. The van der Waals surface area contributed by atoms with Crippen LogP contribution < -0.4 is 29.8 Å². The van der Waals surface area contributed by atoms with Crippen LogP contribution in [0.2, 0.25) is 0 Å². The average molecular weight is 1120 g/mol. The quantitative estimate of drug-likeness (QED) is 0.159. The molecule has 2 aliphatic rings. The third-order valence-corrected chi connectivity index (χ3v) is 8.69. The molecule has 300 valence electrons. The Bertz CT molecular complexity index is 2240. The monoisotopic (exact) mass is 1120 g/mol. The normalized spacial score (nSPS) is 11.9. The molecular weight excluding hydrogens is 1080 g/mol. The predicted molar refractivity (Wildman–Crippen MR) is 224 cm³/mol. The van der Waals surface area contributed by atoms with Gasteiger partial charge < -0.3 is 40.0 Å². The molecular formula is C46H40N10Pt2-6. The molecule has 0 aliphatic carbocycles. The van der Waals surface area contributed by atoms with Crippen molar-refractivity contribution in [3.63, 3.8) is 0 Å². The standard InChI is InChI=1S/2C13H11N3.2C10H9N2.2Pt/c2*1-15-10-16(11-6-3-2-4-7-11)13-12(15)8-5-9-14-13;2*1-8-7-10(12-11-8)9-5-3-2-4-6-9;;/h2*2-6,8-10H,1H3;2*2-7H,1H3;;/q2*-2;2*-1;;. The second-order valence-electron chi connectivity index (χ2n) is 12.9. The van der Waals surface area contributed by atoms with Crippen molar-refractivity contribution < 1.29 is 42.1 Å². The summed E-state index contributed by atoms with van der Waals surface area (Å²) >= 11 is 0. The number of fused-ring (bicyclic) bond motifs is 2. The van der Waals surface area contributed by atoms with Crippen molar-refractivity contribution in [3.05, 3.63) is 195 Å². The minimum atomic E-state index is 0. The molecule has 2 aliphatic heterocycles. The summed E-state index contributed by atoms with van der Waals surface area (Å²) in [6.07, 6.45) is 3.61. The van der Waals surface area contributed by atoms with Crippen LogP contribution in [0.5, 0.6) is 0 Å². The first-order valence-corrected chi connectivity index (χ1v) is 18.1. The van der Waals surface area contributed by atoms with Crippen molar-refractivity contribution in [2.75, 3.05) is 33.7 Å². The summed E-state index contributed by atoms with van der Waals surface area (Å²) in [6, 6.07) is 54.3. The maximum atomic E-state index is 4.40. The zero-order valence-electron chi connectivity index (χ0n) is 32.3. The third kappa shape index (κ3) is 10.8. The predicted octanol–water partition coefficient (Wildman–Crippen LogP) is 9.20. The van der Waals surface area contributed by atoms with Crippen LogP contribution in [0.25, 0.3) is 22.5 Å². The molecule has 0 saturated carbocycles. The molecule has 4 aromatic carbocycles. The Labute approximate surface area is 369 Å².